The van der Waals surface area contributed by atoms with Gasteiger partial charge in [0.15, 0.2) is 0 Å². The number of fused-ring (bicyclic) bond motifs is 2. The summed E-state index contributed by atoms with van der Waals surface area (Å²) in [5.41, 5.74) is 2.40. The van der Waals surface area contributed by atoms with E-state index in [9.17, 15) is 0 Å². The predicted molar refractivity (Wildman–Crippen MR) is 70.9 cm³/mol. The zero-order valence-corrected chi connectivity index (χ0v) is 10.5. The monoisotopic (exact) mass is 276 g/mol. The van der Waals surface area contributed by atoms with E-state index in [0.717, 1.165) is 28.8 Å². The van der Waals surface area contributed by atoms with E-state index < -0.39 is 0 Å². The first-order valence-electron chi connectivity index (χ1n) is 5.66. The van der Waals surface area contributed by atoms with Crippen LogP contribution in [-0.4, -0.2) is 11.5 Å². The molecule has 2 aromatic rings. The van der Waals surface area contributed by atoms with Crippen LogP contribution in [0.1, 0.15) is 18.4 Å². The van der Waals surface area contributed by atoms with Crippen LogP contribution in [-0.2, 0) is 6.42 Å². The summed E-state index contributed by atoms with van der Waals surface area (Å²) in [5, 5.41) is 4.63. The molecule has 0 atom stereocenters. The third-order valence-corrected chi connectivity index (χ3v) is 3.68. The second-order valence-electron chi connectivity index (χ2n) is 4.19. The van der Waals surface area contributed by atoms with Gasteiger partial charge in [0.25, 0.3) is 0 Å². The fourth-order valence-electron chi connectivity index (χ4n) is 2.20. The number of benzene rings is 1. The molecule has 0 fully saturated rings. The molecule has 1 aliphatic rings. The quantitative estimate of drug-likeness (QED) is 0.793. The molecule has 1 N–H and O–H groups in total. The number of hydrogen-bond donors (Lipinski definition) is 1. The van der Waals surface area contributed by atoms with Crippen LogP contribution in [0, 0.1) is 0 Å². The summed E-state index contributed by atoms with van der Waals surface area (Å²) in [7, 11) is 0. The first kappa shape index (κ1) is 10.1. The molecule has 0 bridgehead atoms. The third-order valence-electron chi connectivity index (χ3n) is 3.04. The normalized spacial score (nSPS) is 15.3. The van der Waals surface area contributed by atoms with Crippen LogP contribution in [0.5, 0.6) is 0 Å². The van der Waals surface area contributed by atoms with Gasteiger partial charge in [0, 0.05) is 16.4 Å². The molecule has 2 heterocycles. The first-order chi connectivity index (χ1) is 7.84. The SMILES string of the molecule is Brc1cccc2cc3c(nc12)NCCCC3. The Kier molecular flexibility index (Phi) is 2.56. The number of hydrogen-bond acceptors (Lipinski definition) is 2. The summed E-state index contributed by atoms with van der Waals surface area (Å²) in [4.78, 5) is 4.72. The number of pyridine rings is 1. The van der Waals surface area contributed by atoms with Gasteiger partial charge in [0.1, 0.15) is 5.82 Å². The van der Waals surface area contributed by atoms with Gasteiger partial charge in [-0.25, -0.2) is 4.98 Å². The minimum absolute atomic E-state index is 1.04. The molecule has 3 heteroatoms. The summed E-state index contributed by atoms with van der Waals surface area (Å²) < 4.78 is 1.07. The average Bonchev–Trinajstić information content (AvgIpc) is 2.52. The Morgan fingerprint density at radius 1 is 1.25 bits per heavy atom. The predicted octanol–water partition coefficient (Wildman–Crippen LogP) is 3.75. The van der Waals surface area contributed by atoms with Gasteiger partial charge in [0.2, 0.25) is 0 Å². The van der Waals surface area contributed by atoms with E-state index in [0.29, 0.717) is 0 Å². The maximum absolute atomic E-state index is 4.72. The molecule has 1 aromatic carbocycles. The minimum atomic E-state index is 1.04. The number of para-hydroxylation sites is 1. The van der Waals surface area contributed by atoms with Crippen LogP contribution in [0.3, 0.4) is 0 Å². The van der Waals surface area contributed by atoms with Gasteiger partial charge in [-0.05, 0) is 52.9 Å². The van der Waals surface area contributed by atoms with Crippen molar-refractivity contribution in [1.82, 2.24) is 4.98 Å². The summed E-state index contributed by atoms with van der Waals surface area (Å²) in [6.45, 7) is 1.04. The zero-order valence-electron chi connectivity index (χ0n) is 8.96. The van der Waals surface area contributed by atoms with E-state index >= 15 is 0 Å². The molecule has 1 aromatic heterocycles. The van der Waals surface area contributed by atoms with E-state index in [1.54, 1.807) is 0 Å². The largest absolute Gasteiger partial charge is 0.370 e. The topological polar surface area (TPSA) is 24.9 Å². The van der Waals surface area contributed by atoms with Crippen molar-refractivity contribution in [3.8, 4) is 0 Å². The van der Waals surface area contributed by atoms with E-state index in [1.807, 2.05) is 6.07 Å². The van der Waals surface area contributed by atoms with Crippen LogP contribution in [0.2, 0.25) is 0 Å². The second-order valence-corrected chi connectivity index (χ2v) is 5.05. The van der Waals surface area contributed by atoms with Crippen molar-refractivity contribution >= 4 is 32.7 Å². The summed E-state index contributed by atoms with van der Waals surface area (Å²) >= 11 is 3.55. The molecular formula is C13H13BrN2. The lowest BCUT2D eigenvalue weighted by Gasteiger charge is -2.09. The maximum atomic E-state index is 4.72. The van der Waals surface area contributed by atoms with E-state index in [4.69, 9.17) is 4.98 Å². The van der Waals surface area contributed by atoms with Gasteiger partial charge in [-0.3, -0.25) is 0 Å². The molecule has 82 valence electrons. The van der Waals surface area contributed by atoms with Gasteiger partial charge in [0.05, 0.1) is 5.52 Å². The fraction of sp³-hybridized carbons (Fsp3) is 0.308. The number of halogens is 1. The van der Waals surface area contributed by atoms with Gasteiger partial charge in [-0.15, -0.1) is 0 Å². The summed E-state index contributed by atoms with van der Waals surface area (Å²) in [6, 6.07) is 8.49. The highest BCUT2D eigenvalue weighted by molar-refractivity contribution is 9.10. The Bertz CT molecular complexity index is 537. The Hall–Kier alpha value is -1.09. The molecule has 2 nitrogen and oxygen atoms in total. The highest BCUT2D eigenvalue weighted by atomic mass is 79.9. The van der Waals surface area contributed by atoms with Gasteiger partial charge < -0.3 is 5.32 Å². The standard InChI is InChI=1S/C13H13BrN2/c14-11-6-3-5-9-8-10-4-1-2-7-15-13(10)16-12(9)11/h3,5-6,8H,1-2,4,7H2,(H,15,16). The van der Waals surface area contributed by atoms with Crippen molar-refractivity contribution in [2.45, 2.75) is 19.3 Å². The Morgan fingerprint density at radius 2 is 2.19 bits per heavy atom. The van der Waals surface area contributed by atoms with Crippen LogP contribution >= 0.6 is 15.9 Å². The molecule has 0 saturated heterocycles. The lowest BCUT2D eigenvalue weighted by molar-refractivity contribution is 0.786. The molecule has 0 radical (unpaired) electrons. The van der Waals surface area contributed by atoms with Crippen molar-refractivity contribution < 1.29 is 0 Å². The minimum Gasteiger partial charge on any atom is -0.370 e. The van der Waals surface area contributed by atoms with Crippen molar-refractivity contribution in [3.05, 3.63) is 34.3 Å². The number of anilines is 1. The van der Waals surface area contributed by atoms with Crippen LogP contribution < -0.4 is 5.32 Å². The van der Waals surface area contributed by atoms with Crippen LogP contribution in [0.25, 0.3) is 10.9 Å². The van der Waals surface area contributed by atoms with Gasteiger partial charge in [-0.1, -0.05) is 12.1 Å². The summed E-state index contributed by atoms with van der Waals surface area (Å²) in [6.07, 6.45) is 3.62. The second kappa shape index (κ2) is 4.06. The van der Waals surface area contributed by atoms with Gasteiger partial charge in [-0.2, -0.15) is 0 Å². The lowest BCUT2D eigenvalue weighted by Crippen LogP contribution is -2.02. The molecule has 0 spiro atoms. The zero-order chi connectivity index (χ0) is 11.0. The van der Waals surface area contributed by atoms with Gasteiger partial charge >= 0.3 is 0 Å². The van der Waals surface area contributed by atoms with Crippen molar-refractivity contribution in [2.75, 3.05) is 11.9 Å². The highest BCUT2D eigenvalue weighted by Crippen LogP contribution is 2.28. The molecule has 16 heavy (non-hydrogen) atoms. The smallest absolute Gasteiger partial charge is 0.129 e. The Labute approximate surface area is 103 Å². The maximum Gasteiger partial charge on any atom is 0.129 e. The van der Waals surface area contributed by atoms with E-state index in [1.165, 1.54) is 23.8 Å². The van der Waals surface area contributed by atoms with Crippen molar-refractivity contribution in [3.63, 3.8) is 0 Å². The lowest BCUT2D eigenvalue weighted by atomic mass is 10.1. The summed E-state index contributed by atoms with van der Waals surface area (Å²) in [5.74, 6) is 1.07. The van der Waals surface area contributed by atoms with Crippen molar-refractivity contribution in [2.24, 2.45) is 0 Å². The molecule has 1 aliphatic heterocycles. The Morgan fingerprint density at radius 3 is 3.12 bits per heavy atom. The first-order valence-corrected chi connectivity index (χ1v) is 6.46. The molecule has 0 amide bonds. The number of aryl methyl sites for hydroxylation is 1. The van der Waals surface area contributed by atoms with Crippen LogP contribution in [0.4, 0.5) is 5.82 Å². The fourth-order valence-corrected chi connectivity index (χ4v) is 2.67. The highest BCUT2D eigenvalue weighted by Gasteiger charge is 2.10. The van der Waals surface area contributed by atoms with E-state index in [2.05, 4.69) is 39.4 Å². The number of nitrogens with one attached hydrogen (secondary N) is 1. The number of rotatable bonds is 0. The molecular weight excluding hydrogens is 264 g/mol. The molecule has 0 saturated carbocycles. The molecule has 0 aliphatic carbocycles. The van der Waals surface area contributed by atoms with Crippen LogP contribution in [0.15, 0.2) is 28.7 Å². The van der Waals surface area contributed by atoms with E-state index in [-0.39, 0.29) is 0 Å². The molecule has 3 rings (SSSR count). The molecule has 0 unspecified atom stereocenters. The number of nitrogens with zero attached hydrogens (tertiary/aromatic N) is 1. The number of aromatic nitrogens is 1. The Balaban J connectivity index is 2.24. The third kappa shape index (κ3) is 1.69. The average molecular weight is 277 g/mol. The van der Waals surface area contributed by atoms with Crippen molar-refractivity contribution in [1.29, 1.82) is 0 Å².